The number of oxime groups is 1. The van der Waals surface area contributed by atoms with E-state index in [1.807, 2.05) is 0 Å². The number of ketones is 1. The van der Waals surface area contributed by atoms with Crippen LogP contribution in [0.15, 0.2) is 126 Å². The number of aliphatic carboxylic acids is 3. The maximum atomic E-state index is 13.9. The number of hydrogen-bond acceptors (Lipinski definition) is 28. The van der Waals surface area contributed by atoms with Gasteiger partial charge in [-0.25, -0.2) is 31.7 Å². The number of benzene rings is 6. The van der Waals surface area contributed by atoms with E-state index in [0.29, 0.717) is 47.2 Å². The summed E-state index contributed by atoms with van der Waals surface area (Å²) < 4.78 is 137. The number of aliphatic hydroxyl groups is 3. The largest absolute Gasteiger partial charge is 0.494 e. The lowest BCUT2D eigenvalue weighted by molar-refractivity contribution is -0.192. The summed E-state index contributed by atoms with van der Waals surface area (Å²) in [6.07, 6.45) is 3.39. The number of nitrogens with zero attached hydrogens (tertiary/aromatic N) is 2. The van der Waals surface area contributed by atoms with Crippen LogP contribution in [0.5, 0.6) is 28.7 Å². The lowest BCUT2D eigenvalue weighted by atomic mass is 9.61. The standard InChI is InChI=1S/C24H33FN4O4.C20H25FO7.C13H19N3O.C12H13FO5.C12H11FO4.C8H7FO2.C2HF3O2/c1-32-20-12-16(8-10-19(20)25)17(14-23(30)31)13-22-28-21(29-33-22)6-2-5-18-9-7-15-4-3-11-26-24(15)27-18;1-5-27-18(23)16-13(22)10-20(3,25)17(19(24)28-6-2)15(16)11-7-8-12(21)14(9-11)26-4;14-13(16-17)5-1-3-10-6-7-11-4-2-8-15-12(11)9-10;1-18-10-4-7(2-3-9(10)13)8(5-11(14)15)6-12(16)17;1-16-10-4-7(2-3-9(10)13)8-5-11(14)17-12(15)6-8;1-11-8-4-6(5-10)2-3-7(8)9;3-2(4,5)1(6)7/h7-10,12,17,21-23,28-31H,2-6,11,13-14H2,1H3,(H,26,27);7-9,15-17,25H,5-6,10H2,1-4H3;6-7,9,15,17H,1-5,8H2,(H2,14,16);2-4,8H,5-6H2,1H3,(H,14,15)(H,16,17);2-4,8H,5-6H2,1H3;2-5H,1H3;(H,6,7). The predicted molar refractivity (Wildman–Crippen MR) is 456 cm³/mol. The van der Waals surface area contributed by atoms with Gasteiger partial charge >= 0.3 is 48.0 Å². The van der Waals surface area contributed by atoms with Gasteiger partial charge in [-0.05, 0) is 209 Å². The van der Waals surface area contributed by atoms with E-state index < -0.39 is 125 Å². The molecule has 4 aliphatic heterocycles. The molecule has 13 N–H and O–H groups in total. The van der Waals surface area contributed by atoms with E-state index in [-0.39, 0.29) is 98.3 Å². The van der Waals surface area contributed by atoms with E-state index in [0.717, 1.165) is 87.2 Å². The van der Waals surface area contributed by atoms with Crippen molar-refractivity contribution < 1.29 is 157 Å². The van der Waals surface area contributed by atoms with Crippen LogP contribution in [0.2, 0.25) is 0 Å². The number of carbonyl (C=O) groups excluding carboxylic acids is 6. The molecular weight excluding hydrogens is 1740 g/mol. The number of fused-ring (bicyclic) bond motifs is 2. The number of aryl methyl sites for hydroxylation is 4. The molecule has 0 amide bonds. The number of ether oxygens (including phenoxy) is 8. The molecule has 714 valence electrons. The summed E-state index contributed by atoms with van der Waals surface area (Å²) in [5.74, 6) is -14.1. The van der Waals surface area contributed by atoms with Crippen LogP contribution in [0, 0.1) is 40.9 Å². The molecule has 131 heavy (non-hydrogen) atoms. The van der Waals surface area contributed by atoms with Crippen LogP contribution in [0.3, 0.4) is 0 Å². The number of aromatic nitrogens is 1. The molecule has 2 saturated heterocycles. The number of hydroxylamine groups is 1. The SMILES string of the molecule is CCOC(=O)C1C(=O)CC(C)(O)C(C(=O)OCC)C1c1ccc(F)c(OC)c1.COc1cc(C(CC(=O)O)CC(=O)O)ccc1F.COc1cc(C(CC(O)O)CC2NC(CCCc3ccc4c(n3)NCCC4)NO2)ccc1F.COc1cc(C2CC(=O)OC(=O)C2)ccc1F.COc1cc(C=O)ccc1F.N/C(CCCc1ccc2c(c1)NCCC2)=N\O.O=C(O)C(F)(F)F. The van der Waals surface area contributed by atoms with Gasteiger partial charge in [0, 0.05) is 67.1 Å². The van der Waals surface area contributed by atoms with E-state index in [9.17, 15) is 88.8 Å². The van der Waals surface area contributed by atoms with Gasteiger partial charge in [0.15, 0.2) is 69.9 Å². The molecule has 32 nitrogen and oxygen atoms in total. The van der Waals surface area contributed by atoms with Crippen molar-refractivity contribution >= 4 is 71.2 Å². The number of nitrogens with two attached hydrogens (primary N) is 1. The number of carboxylic acids is 3. The van der Waals surface area contributed by atoms with Crippen molar-refractivity contribution in [1.82, 2.24) is 15.8 Å². The summed E-state index contributed by atoms with van der Waals surface area (Å²) in [5.41, 5.74) is 15.7. The average molecular weight is 1850 g/mol. The van der Waals surface area contributed by atoms with Crippen LogP contribution < -0.4 is 50.8 Å². The number of pyridine rings is 1. The molecule has 1 aromatic heterocycles. The van der Waals surface area contributed by atoms with Gasteiger partial charge in [0.1, 0.15) is 30.1 Å². The zero-order valence-corrected chi connectivity index (χ0v) is 73.1. The van der Waals surface area contributed by atoms with E-state index >= 15 is 0 Å². The number of alkyl halides is 3. The van der Waals surface area contributed by atoms with Gasteiger partial charge in [0.2, 0.25) is 0 Å². The molecule has 7 atom stereocenters. The molecule has 6 aromatic carbocycles. The van der Waals surface area contributed by atoms with Crippen LogP contribution >= 0.6 is 0 Å². The first-order chi connectivity index (χ1) is 62.2. The Kier molecular flexibility index (Phi) is 43.2. The fraction of sp³-hybridized carbons (Fsp3) is 0.440. The Morgan fingerprint density at radius 3 is 1.68 bits per heavy atom. The van der Waals surface area contributed by atoms with Crippen molar-refractivity contribution in [3.05, 3.63) is 201 Å². The number of esters is 4. The maximum Gasteiger partial charge on any atom is 0.490 e. The summed E-state index contributed by atoms with van der Waals surface area (Å²) >= 11 is 0. The van der Waals surface area contributed by atoms with Crippen molar-refractivity contribution in [2.45, 2.75) is 184 Å². The summed E-state index contributed by atoms with van der Waals surface area (Å²) in [6, 6.07) is 31.3. The minimum atomic E-state index is -5.08. The van der Waals surface area contributed by atoms with Gasteiger partial charge in [-0.1, -0.05) is 47.6 Å². The number of nitrogens with one attached hydrogen (secondary N) is 4. The van der Waals surface area contributed by atoms with Gasteiger partial charge in [-0.15, -0.1) is 0 Å². The molecule has 12 rings (SSSR count). The topological polar surface area (TPSA) is 478 Å². The van der Waals surface area contributed by atoms with E-state index in [1.54, 1.807) is 32.0 Å². The second-order valence-corrected chi connectivity index (χ2v) is 30.5. The Hall–Kier alpha value is -12.6. The first kappa shape index (κ1) is 107. The summed E-state index contributed by atoms with van der Waals surface area (Å²) in [6.45, 7) is 6.71. The number of Topliss-reactive ketones (excluding diaryl/α,β-unsaturated/α-hetero) is 1. The summed E-state index contributed by atoms with van der Waals surface area (Å²) in [4.78, 5) is 111. The van der Waals surface area contributed by atoms with E-state index in [2.05, 4.69) is 66.4 Å². The number of halogens is 8. The van der Waals surface area contributed by atoms with Crippen molar-refractivity contribution in [2.75, 3.05) is 72.5 Å². The number of cyclic esters (lactones) is 2. The molecule has 5 aliphatic rings. The Bertz CT molecular complexity index is 5000. The van der Waals surface area contributed by atoms with Crippen LogP contribution in [0.25, 0.3) is 0 Å². The Labute approximate surface area is 749 Å². The molecule has 3 fully saturated rings. The van der Waals surface area contributed by atoms with Crippen molar-refractivity contribution in [3.8, 4) is 28.7 Å². The molecule has 40 heteroatoms. The van der Waals surface area contributed by atoms with E-state index in [4.69, 9.17) is 69.3 Å². The molecule has 1 saturated carbocycles. The third-order valence-electron chi connectivity index (χ3n) is 21.0. The molecule has 1 aliphatic carbocycles. The van der Waals surface area contributed by atoms with Crippen molar-refractivity contribution in [3.63, 3.8) is 0 Å². The van der Waals surface area contributed by atoms with Gasteiger partial charge in [-0.3, -0.25) is 48.5 Å². The number of anilines is 2. The van der Waals surface area contributed by atoms with Crippen LogP contribution in [-0.4, -0.2) is 193 Å². The van der Waals surface area contributed by atoms with Crippen molar-refractivity contribution in [2.24, 2.45) is 22.7 Å². The summed E-state index contributed by atoms with van der Waals surface area (Å²) in [5, 5.41) is 76.2. The molecule has 7 aromatic rings. The van der Waals surface area contributed by atoms with E-state index in [1.165, 1.54) is 138 Å². The lowest BCUT2D eigenvalue weighted by Gasteiger charge is -2.43. The highest BCUT2D eigenvalue weighted by molar-refractivity contribution is 6.03. The number of aliphatic hydroxyl groups excluding tert-OH is 1. The zero-order chi connectivity index (χ0) is 96.8. The first-order valence-electron chi connectivity index (χ1n) is 41.5. The second kappa shape index (κ2) is 52.9. The first-order valence-corrected chi connectivity index (χ1v) is 41.5. The zero-order valence-electron chi connectivity index (χ0n) is 73.1. The fourth-order valence-corrected chi connectivity index (χ4v) is 14.7. The number of carboxylic acid groups (broad SMARTS) is 3. The molecule has 7 unspecified atom stereocenters. The number of amidine groups is 1. The van der Waals surface area contributed by atoms with Gasteiger partial charge in [0.05, 0.1) is 92.1 Å². The molecule has 5 heterocycles. The van der Waals surface area contributed by atoms with Crippen molar-refractivity contribution in [1.29, 1.82) is 0 Å². The monoisotopic (exact) mass is 1850 g/mol. The highest BCUT2D eigenvalue weighted by atomic mass is 19.4. The predicted octanol–water partition coefficient (Wildman–Crippen LogP) is 12.6. The normalized spacial score (nSPS) is 18.1. The Morgan fingerprint density at radius 1 is 0.641 bits per heavy atom. The van der Waals surface area contributed by atoms with Gasteiger partial charge in [-0.2, -0.15) is 18.7 Å². The Balaban J connectivity index is 0.000000246. The minimum absolute atomic E-state index is 0.00629. The lowest BCUT2D eigenvalue weighted by Crippen LogP contribution is -2.55. The second-order valence-electron chi connectivity index (χ2n) is 30.5. The van der Waals surface area contributed by atoms with Gasteiger partial charge in [0.25, 0.3) is 0 Å². The number of rotatable bonds is 30. The molecule has 0 radical (unpaired) electrons. The number of aldehydes is 1. The highest BCUT2D eigenvalue weighted by Gasteiger charge is 2.57. The number of carbonyl (C=O) groups is 9. The number of methoxy groups -OCH3 is 5. The Morgan fingerprint density at radius 2 is 1.15 bits per heavy atom. The highest BCUT2D eigenvalue weighted by Crippen LogP contribution is 2.48. The van der Waals surface area contributed by atoms with Crippen LogP contribution in [0.4, 0.5) is 46.6 Å². The number of hydrogen-bond donors (Lipinski definition) is 12. The summed E-state index contributed by atoms with van der Waals surface area (Å²) in [7, 11) is 6.68. The fourth-order valence-electron chi connectivity index (χ4n) is 14.7. The molecule has 0 spiro atoms. The maximum absolute atomic E-state index is 13.9. The third kappa shape index (κ3) is 34.0. The third-order valence-corrected chi connectivity index (χ3v) is 21.0. The minimum Gasteiger partial charge on any atom is -0.494 e. The smallest absolute Gasteiger partial charge is 0.490 e. The quantitative estimate of drug-likeness (QED) is 0.00190. The van der Waals surface area contributed by atoms with Gasteiger partial charge < -0.3 is 90.1 Å². The molecular formula is C91H109F8N7O25. The average Bonchev–Trinajstić information content (AvgIpc) is 1.06. The van der Waals surface area contributed by atoms with Crippen LogP contribution in [-0.2, 0) is 83.1 Å². The van der Waals surface area contributed by atoms with Crippen LogP contribution in [0.1, 0.15) is 183 Å². The molecule has 0 bridgehead atoms.